The van der Waals surface area contributed by atoms with Gasteiger partial charge in [0.1, 0.15) is 6.10 Å². The van der Waals surface area contributed by atoms with Crippen LogP contribution >= 0.6 is 11.8 Å². The van der Waals surface area contributed by atoms with E-state index >= 15 is 0 Å². The average Bonchev–Trinajstić information content (AvgIpc) is 3.00. The molecule has 4 rings (SSSR count). The Kier molecular flexibility index (Phi) is 4.79. The third-order valence-electron chi connectivity index (χ3n) is 8.91. The van der Waals surface area contributed by atoms with E-state index in [-0.39, 0.29) is 35.7 Å². The molecule has 0 saturated heterocycles. The van der Waals surface area contributed by atoms with Gasteiger partial charge in [-0.05, 0) is 79.8 Å². The minimum Gasteiger partial charge on any atom is -0.461 e. The van der Waals surface area contributed by atoms with Crippen molar-refractivity contribution in [2.45, 2.75) is 84.6 Å². The summed E-state index contributed by atoms with van der Waals surface area (Å²) in [5.41, 5.74) is 1.76. The van der Waals surface area contributed by atoms with Crippen LogP contribution in [0.4, 0.5) is 0 Å². The maximum atomic E-state index is 12.5. The van der Waals surface area contributed by atoms with Crippen molar-refractivity contribution in [3.05, 3.63) is 11.6 Å². The van der Waals surface area contributed by atoms with Gasteiger partial charge in [-0.1, -0.05) is 38.8 Å². The number of carbonyl (C=O) groups is 1. The van der Waals surface area contributed by atoms with Crippen molar-refractivity contribution >= 4 is 17.7 Å². The van der Waals surface area contributed by atoms with E-state index in [4.69, 9.17) is 7.48 Å². The summed E-state index contributed by atoms with van der Waals surface area (Å²) in [6.45, 7) is 6.94. The summed E-state index contributed by atoms with van der Waals surface area (Å²) < 4.78 is 22.9. The van der Waals surface area contributed by atoms with E-state index in [1.807, 2.05) is 6.26 Å². The van der Waals surface area contributed by atoms with Crippen LogP contribution in [0.5, 0.6) is 0 Å². The van der Waals surface area contributed by atoms with Crippen molar-refractivity contribution in [1.82, 2.24) is 0 Å². The largest absolute Gasteiger partial charge is 0.461 e. The van der Waals surface area contributed by atoms with Crippen LogP contribution in [-0.4, -0.2) is 24.1 Å². The third kappa shape index (κ3) is 3.11. The highest BCUT2D eigenvalue weighted by Gasteiger charge is 2.61. The summed E-state index contributed by atoms with van der Waals surface area (Å²) >= 11 is 1.53. The zero-order chi connectivity index (χ0) is 21.0. The molecule has 0 bridgehead atoms. The minimum atomic E-state index is -0.106. The molecule has 0 spiro atoms. The summed E-state index contributed by atoms with van der Waals surface area (Å²) in [6, 6.07) is 0. The highest BCUT2D eigenvalue weighted by molar-refractivity contribution is 7.99. The van der Waals surface area contributed by atoms with E-state index in [0.29, 0.717) is 29.4 Å². The van der Waals surface area contributed by atoms with E-state index in [9.17, 15) is 4.79 Å². The molecule has 2 nitrogen and oxygen atoms in total. The Morgan fingerprint density at radius 1 is 1.33 bits per heavy atom. The van der Waals surface area contributed by atoms with Crippen molar-refractivity contribution < 1.29 is 12.3 Å². The predicted octanol–water partition coefficient (Wildman–Crippen LogP) is 6.25. The molecular weight excluding hydrogens is 352 g/mol. The summed E-state index contributed by atoms with van der Waals surface area (Å²) in [4.78, 5) is 12.5. The molecule has 0 radical (unpaired) electrons. The van der Waals surface area contributed by atoms with E-state index < -0.39 is 0 Å². The molecule has 4 aliphatic rings. The number of ether oxygens (including phenoxy) is 1. The van der Waals surface area contributed by atoms with E-state index in [1.165, 1.54) is 36.6 Å². The molecule has 152 valence electrons. The number of hydrogen-bond acceptors (Lipinski definition) is 3. The quantitative estimate of drug-likeness (QED) is 0.418. The topological polar surface area (TPSA) is 26.3 Å². The zero-order valence-corrected chi connectivity index (χ0v) is 18.3. The second-order valence-corrected chi connectivity index (χ2v) is 10.8. The lowest BCUT2D eigenvalue weighted by Crippen LogP contribution is -2.56. The smallest absolute Gasteiger partial charge is 0.316 e. The molecule has 0 heterocycles. The first-order valence-corrected chi connectivity index (χ1v) is 12.3. The van der Waals surface area contributed by atoms with Crippen LogP contribution in [0.25, 0.3) is 0 Å². The molecule has 0 aromatic carbocycles. The minimum absolute atomic E-state index is 0.0209. The van der Waals surface area contributed by atoms with Crippen molar-refractivity contribution in [2.75, 3.05) is 12.0 Å². The SMILES string of the molecule is [2H]C1C=C2C[C@@H](OC(=O)CSC)[C@H]3[C@@H]4CC[C@H](C([2H])C)[C@@]4(C)CC[C@@H]3[C@@]2(C)CC1. The lowest BCUT2D eigenvalue weighted by atomic mass is 9.46. The molecule has 27 heavy (non-hydrogen) atoms. The van der Waals surface area contributed by atoms with Gasteiger partial charge < -0.3 is 4.74 Å². The fourth-order valence-electron chi connectivity index (χ4n) is 7.52. The molecule has 0 amide bonds. The Balaban J connectivity index is 1.71. The highest BCUT2D eigenvalue weighted by Crippen LogP contribution is 2.67. The highest BCUT2D eigenvalue weighted by atomic mass is 32.2. The standard InChI is InChI=1S/C24H38O2S/c1-5-16-9-10-18-22-19(11-13-24(16,18)3)23(2)12-7-6-8-17(23)14-20(22)26-21(25)15-27-4/h8,16,18-20,22H,5-7,9-15H2,1-4H3/t16-,18-,19-,20+,22-,23-,24+/m0/s1/i5D,6D/t5?,6?,16-,18-,19-,20+,22-,23-,24+. The van der Waals surface area contributed by atoms with Gasteiger partial charge >= 0.3 is 5.97 Å². The summed E-state index contributed by atoms with van der Waals surface area (Å²) in [5, 5.41) is 0. The first kappa shape index (κ1) is 17.4. The van der Waals surface area contributed by atoms with E-state index in [0.717, 1.165) is 25.7 Å². The van der Waals surface area contributed by atoms with Crippen LogP contribution in [0.3, 0.4) is 0 Å². The maximum absolute atomic E-state index is 12.5. The van der Waals surface area contributed by atoms with Crippen LogP contribution in [0.1, 0.15) is 81.3 Å². The van der Waals surface area contributed by atoms with Crippen LogP contribution in [0, 0.1) is 34.5 Å². The first-order chi connectivity index (χ1) is 13.7. The Bertz CT molecular complexity index is 680. The fraction of sp³-hybridized carbons (Fsp3) is 0.875. The number of rotatable bonds is 4. The fourth-order valence-corrected chi connectivity index (χ4v) is 7.83. The van der Waals surface area contributed by atoms with E-state index in [1.54, 1.807) is 0 Å². The number of esters is 1. The second kappa shape index (κ2) is 7.43. The molecule has 4 aliphatic carbocycles. The normalized spacial score (nSPS) is 51.0. The van der Waals surface area contributed by atoms with Gasteiger partial charge in [0.25, 0.3) is 0 Å². The van der Waals surface area contributed by atoms with Crippen molar-refractivity contribution in [3.8, 4) is 0 Å². The zero-order valence-electron chi connectivity index (χ0n) is 19.5. The monoisotopic (exact) mass is 392 g/mol. The molecule has 0 aliphatic heterocycles. The lowest BCUT2D eigenvalue weighted by molar-refractivity contribution is -0.165. The molecule has 2 unspecified atom stereocenters. The second-order valence-electron chi connectivity index (χ2n) is 9.90. The van der Waals surface area contributed by atoms with Crippen LogP contribution < -0.4 is 0 Å². The predicted molar refractivity (Wildman–Crippen MR) is 114 cm³/mol. The number of fused-ring (bicyclic) bond motifs is 5. The summed E-state index contributed by atoms with van der Waals surface area (Å²) in [6.07, 6.45) is 11.5. The molecule has 3 heteroatoms. The number of hydrogen-bond donors (Lipinski definition) is 0. The maximum Gasteiger partial charge on any atom is 0.316 e. The lowest BCUT2D eigenvalue weighted by Gasteiger charge is -2.60. The molecular formula is C24H38O2S. The molecule has 9 atom stereocenters. The third-order valence-corrected chi connectivity index (χ3v) is 9.43. The van der Waals surface area contributed by atoms with E-state index in [2.05, 4.69) is 26.8 Å². The van der Waals surface area contributed by atoms with Crippen LogP contribution in [0.2, 0.25) is 0 Å². The van der Waals surface area contributed by atoms with Gasteiger partial charge in [0.15, 0.2) is 0 Å². The Morgan fingerprint density at radius 3 is 2.89 bits per heavy atom. The average molecular weight is 393 g/mol. The number of allylic oxidation sites excluding steroid dienone is 1. The van der Waals surface area contributed by atoms with Gasteiger partial charge in [-0.25, -0.2) is 0 Å². The van der Waals surface area contributed by atoms with Gasteiger partial charge in [0.05, 0.1) is 5.75 Å². The van der Waals surface area contributed by atoms with Crippen molar-refractivity contribution in [3.63, 3.8) is 0 Å². The molecule has 3 saturated carbocycles. The number of thioether (sulfide) groups is 1. The van der Waals surface area contributed by atoms with Crippen LogP contribution in [0.15, 0.2) is 11.6 Å². The molecule has 0 aromatic rings. The summed E-state index contributed by atoms with van der Waals surface area (Å²) in [5.74, 6) is 2.30. The number of carbonyl (C=O) groups excluding carboxylic acids is 1. The van der Waals surface area contributed by atoms with Gasteiger partial charge in [0.2, 0.25) is 0 Å². The summed E-state index contributed by atoms with van der Waals surface area (Å²) in [7, 11) is 0. The molecule has 0 aromatic heterocycles. The van der Waals surface area contributed by atoms with Gasteiger partial charge in [0, 0.05) is 15.1 Å². The van der Waals surface area contributed by atoms with Crippen molar-refractivity contribution in [1.29, 1.82) is 0 Å². The van der Waals surface area contributed by atoms with Gasteiger partial charge in [-0.15, -0.1) is 0 Å². The van der Waals surface area contributed by atoms with Gasteiger partial charge in [-0.2, -0.15) is 11.8 Å². The van der Waals surface area contributed by atoms with Gasteiger partial charge in [-0.3, -0.25) is 4.79 Å². The molecule has 0 N–H and O–H groups in total. The Morgan fingerprint density at radius 2 is 2.15 bits per heavy atom. The van der Waals surface area contributed by atoms with Crippen molar-refractivity contribution in [2.24, 2.45) is 34.5 Å². The molecule has 3 fully saturated rings. The Hall–Kier alpha value is -0.440. The Labute approximate surface area is 173 Å². The van der Waals surface area contributed by atoms with Crippen LogP contribution in [-0.2, 0) is 9.53 Å². The first-order valence-electron chi connectivity index (χ1n) is 12.1.